The van der Waals surface area contributed by atoms with Crippen molar-refractivity contribution in [3.05, 3.63) is 29.6 Å². The molecule has 1 aromatic heterocycles. The second-order valence-electron chi connectivity index (χ2n) is 5.06. The summed E-state index contributed by atoms with van der Waals surface area (Å²) in [5.41, 5.74) is 2.09. The summed E-state index contributed by atoms with van der Waals surface area (Å²) < 4.78 is 2.04. The molecule has 2 heterocycles. The fourth-order valence-corrected chi connectivity index (χ4v) is 2.79. The molecule has 2 N–H and O–H groups in total. The third-order valence-electron chi connectivity index (χ3n) is 3.87. The molecule has 2 aromatic rings. The van der Waals surface area contributed by atoms with Gasteiger partial charge in [0.25, 0.3) is 0 Å². The zero-order valence-corrected chi connectivity index (χ0v) is 10.9. The molecular weight excluding hydrogens is 242 g/mol. The van der Waals surface area contributed by atoms with Gasteiger partial charge in [0.2, 0.25) is 0 Å². The van der Waals surface area contributed by atoms with E-state index in [0.29, 0.717) is 11.5 Å². The lowest BCUT2D eigenvalue weighted by atomic mass is 9.97. The van der Waals surface area contributed by atoms with E-state index >= 15 is 0 Å². The van der Waals surface area contributed by atoms with E-state index in [9.17, 15) is 4.79 Å². The zero-order chi connectivity index (χ0) is 13.4. The average Bonchev–Trinajstić information content (AvgIpc) is 2.77. The Labute approximate surface area is 111 Å². The van der Waals surface area contributed by atoms with E-state index in [0.717, 1.165) is 42.8 Å². The summed E-state index contributed by atoms with van der Waals surface area (Å²) >= 11 is 0. The highest BCUT2D eigenvalue weighted by molar-refractivity contribution is 5.92. The highest BCUT2D eigenvalue weighted by Gasteiger charge is 2.21. The van der Waals surface area contributed by atoms with Crippen LogP contribution in [-0.4, -0.2) is 33.7 Å². The van der Waals surface area contributed by atoms with E-state index in [1.54, 1.807) is 18.2 Å². The molecular formula is C14H17N3O2. The molecule has 0 amide bonds. The third kappa shape index (κ3) is 2.10. The summed E-state index contributed by atoms with van der Waals surface area (Å²) in [4.78, 5) is 15.7. The Balaban J connectivity index is 2.06. The van der Waals surface area contributed by atoms with Gasteiger partial charge in [0.05, 0.1) is 16.6 Å². The SMILES string of the molecule is Cn1c(C2CCNCC2)nc2ccc(C(=O)O)cc21. The van der Waals surface area contributed by atoms with Crippen molar-refractivity contribution < 1.29 is 9.90 Å². The van der Waals surface area contributed by atoms with Gasteiger partial charge in [-0.15, -0.1) is 0 Å². The number of nitrogens with one attached hydrogen (secondary N) is 1. The van der Waals surface area contributed by atoms with Crippen molar-refractivity contribution in [2.45, 2.75) is 18.8 Å². The van der Waals surface area contributed by atoms with Gasteiger partial charge in [-0.1, -0.05) is 0 Å². The van der Waals surface area contributed by atoms with Gasteiger partial charge in [0.15, 0.2) is 0 Å². The first-order chi connectivity index (χ1) is 9.16. The molecule has 1 fully saturated rings. The number of carbonyl (C=O) groups is 1. The van der Waals surface area contributed by atoms with Gasteiger partial charge in [-0.05, 0) is 44.1 Å². The molecule has 1 aromatic carbocycles. The molecule has 5 nitrogen and oxygen atoms in total. The monoisotopic (exact) mass is 259 g/mol. The molecule has 5 heteroatoms. The Morgan fingerprint density at radius 2 is 2.16 bits per heavy atom. The van der Waals surface area contributed by atoms with Gasteiger partial charge in [0.1, 0.15) is 5.82 Å². The van der Waals surface area contributed by atoms with Crippen LogP contribution in [0.2, 0.25) is 0 Å². The minimum absolute atomic E-state index is 0.312. The number of benzene rings is 1. The topological polar surface area (TPSA) is 67.2 Å². The van der Waals surface area contributed by atoms with Crippen molar-refractivity contribution in [2.24, 2.45) is 7.05 Å². The zero-order valence-electron chi connectivity index (χ0n) is 10.9. The van der Waals surface area contributed by atoms with Gasteiger partial charge in [-0.25, -0.2) is 9.78 Å². The summed E-state index contributed by atoms with van der Waals surface area (Å²) in [6.07, 6.45) is 2.17. The van der Waals surface area contributed by atoms with E-state index in [4.69, 9.17) is 5.11 Å². The van der Waals surface area contributed by atoms with Crippen molar-refractivity contribution in [3.63, 3.8) is 0 Å². The summed E-state index contributed by atoms with van der Waals surface area (Å²) in [6.45, 7) is 2.04. The molecule has 0 spiro atoms. The van der Waals surface area contributed by atoms with Crippen molar-refractivity contribution in [2.75, 3.05) is 13.1 Å². The number of fused-ring (bicyclic) bond motifs is 1. The van der Waals surface area contributed by atoms with E-state index in [-0.39, 0.29) is 0 Å². The molecule has 0 unspecified atom stereocenters. The number of rotatable bonds is 2. The van der Waals surface area contributed by atoms with Crippen LogP contribution >= 0.6 is 0 Å². The van der Waals surface area contributed by atoms with Crippen LogP contribution in [0.5, 0.6) is 0 Å². The lowest BCUT2D eigenvalue weighted by molar-refractivity contribution is 0.0697. The number of carboxylic acid groups (broad SMARTS) is 1. The third-order valence-corrected chi connectivity index (χ3v) is 3.87. The quantitative estimate of drug-likeness (QED) is 0.862. The maximum absolute atomic E-state index is 11.0. The van der Waals surface area contributed by atoms with Crippen LogP contribution in [0.25, 0.3) is 11.0 Å². The largest absolute Gasteiger partial charge is 0.478 e. The maximum Gasteiger partial charge on any atom is 0.335 e. The fraction of sp³-hybridized carbons (Fsp3) is 0.429. The standard InChI is InChI=1S/C14H17N3O2/c1-17-12-8-10(14(18)19)2-3-11(12)16-13(17)9-4-6-15-7-5-9/h2-3,8-9,15H,4-7H2,1H3,(H,18,19). The highest BCUT2D eigenvalue weighted by atomic mass is 16.4. The Morgan fingerprint density at radius 3 is 2.84 bits per heavy atom. The van der Waals surface area contributed by atoms with Gasteiger partial charge in [0, 0.05) is 13.0 Å². The number of hydrogen-bond donors (Lipinski definition) is 2. The first-order valence-electron chi connectivity index (χ1n) is 6.57. The molecule has 0 bridgehead atoms. The number of aryl methyl sites for hydroxylation is 1. The number of aromatic nitrogens is 2. The van der Waals surface area contributed by atoms with E-state index in [1.165, 1.54) is 0 Å². The normalized spacial score (nSPS) is 16.9. The van der Waals surface area contributed by atoms with Crippen LogP contribution in [-0.2, 0) is 7.05 Å². The molecule has 1 aliphatic heterocycles. The van der Waals surface area contributed by atoms with Gasteiger partial charge in [-0.3, -0.25) is 0 Å². The molecule has 19 heavy (non-hydrogen) atoms. The first kappa shape index (κ1) is 12.2. The predicted molar refractivity (Wildman–Crippen MR) is 72.5 cm³/mol. The van der Waals surface area contributed by atoms with Crippen molar-refractivity contribution in [1.82, 2.24) is 14.9 Å². The van der Waals surface area contributed by atoms with Crippen LogP contribution in [0.4, 0.5) is 0 Å². The van der Waals surface area contributed by atoms with Crippen molar-refractivity contribution >= 4 is 17.0 Å². The molecule has 0 radical (unpaired) electrons. The number of piperidine rings is 1. The lowest BCUT2D eigenvalue weighted by Gasteiger charge is -2.22. The Hall–Kier alpha value is -1.88. The fourth-order valence-electron chi connectivity index (χ4n) is 2.79. The Kier molecular flexibility index (Phi) is 2.98. The van der Waals surface area contributed by atoms with E-state index in [1.807, 2.05) is 11.6 Å². The minimum atomic E-state index is -0.897. The average molecular weight is 259 g/mol. The summed E-state index contributed by atoms with van der Waals surface area (Å²) in [5.74, 6) is 0.637. The van der Waals surface area contributed by atoms with Crippen LogP contribution in [0.1, 0.15) is 34.9 Å². The second kappa shape index (κ2) is 4.66. The minimum Gasteiger partial charge on any atom is -0.478 e. The molecule has 1 saturated heterocycles. The molecule has 0 aliphatic carbocycles. The number of carboxylic acids is 1. The summed E-state index contributed by atoms with van der Waals surface area (Å²) in [6, 6.07) is 5.11. The van der Waals surface area contributed by atoms with Crippen LogP contribution in [0.3, 0.4) is 0 Å². The van der Waals surface area contributed by atoms with Crippen LogP contribution in [0.15, 0.2) is 18.2 Å². The highest BCUT2D eigenvalue weighted by Crippen LogP contribution is 2.27. The van der Waals surface area contributed by atoms with E-state index < -0.39 is 5.97 Å². The predicted octanol–water partition coefficient (Wildman–Crippen LogP) is 1.74. The first-order valence-corrected chi connectivity index (χ1v) is 6.57. The van der Waals surface area contributed by atoms with E-state index in [2.05, 4.69) is 10.3 Å². The number of aromatic carboxylic acids is 1. The molecule has 0 atom stereocenters. The summed E-state index contributed by atoms with van der Waals surface area (Å²) in [7, 11) is 1.97. The Morgan fingerprint density at radius 1 is 1.42 bits per heavy atom. The van der Waals surface area contributed by atoms with Gasteiger partial charge in [-0.2, -0.15) is 0 Å². The molecule has 0 saturated carbocycles. The smallest absolute Gasteiger partial charge is 0.335 e. The van der Waals surface area contributed by atoms with Gasteiger partial charge >= 0.3 is 5.97 Å². The molecule has 3 rings (SSSR count). The molecule has 100 valence electrons. The lowest BCUT2D eigenvalue weighted by Crippen LogP contribution is -2.27. The number of nitrogens with zero attached hydrogens (tertiary/aromatic N) is 2. The number of hydrogen-bond acceptors (Lipinski definition) is 3. The number of imidazole rings is 1. The Bertz CT molecular complexity index is 627. The van der Waals surface area contributed by atoms with Crippen molar-refractivity contribution in [1.29, 1.82) is 0 Å². The second-order valence-corrected chi connectivity index (χ2v) is 5.06. The van der Waals surface area contributed by atoms with Crippen LogP contribution in [0, 0.1) is 0 Å². The molecule has 1 aliphatic rings. The van der Waals surface area contributed by atoms with Gasteiger partial charge < -0.3 is 15.0 Å². The maximum atomic E-state index is 11.0. The van der Waals surface area contributed by atoms with Crippen molar-refractivity contribution in [3.8, 4) is 0 Å². The van der Waals surface area contributed by atoms with Crippen LogP contribution < -0.4 is 5.32 Å². The summed E-state index contributed by atoms with van der Waals surface area (Å²) in [5, 5.41) is 12.4.